The maximum absolute atomic E-state index is 5.60. The van der Waals surface area contributed by atoms with E-state index in [0.717, 1.165) is 25.9 Å². The first kappa shape index (κ1) is 12.9. The molecular formula is C18H20N2. The summed E-state index contributed by atoms with van der Waals surface area (Å²) >= 11 is 0. The minimum atomic E-state index is 0.753. The fourth-order valence-corrected chi connectivity index (χ4v) is 2.61. The van der Waals surface area contributed by atoms with E-state index in [0.29, 0.717) is 0 Å². The van der Waals surface area contributed by atoms with Crippen molar-refractivity contribution in [3.05, 3.63) is 71.9 Å². The van der Waals surface area contributed by atoms with Gasteiger partial charge in [-0.15, -0.1) is 0 Å². The van der Waals surface area contributed by atoms with Gasteiger partial charge in [0.1, 0.15) is 0 Å². The van der Waals surface area contributed by atoms with Crippen LogP contribution >= 0.6 is 0 Å². The highest BCUT2D eigenvalue weighted by molar-refractivity contribution is 5.81. The Balaban J connectivity index is 1.90. The van der Waals surface area contributed by atoms with Crippen LogP contribution in [0.25, 0.3) is 10.9 Å². The molecule has 2 nitrogen and oxygen atoms in total. The molecule has 20 heavy (non-hydrogen) atoms. The zero-order valence-corrected chi connectivity index (χ0v) is 11.6. The molecule has 0 aliphatic rings. The van der Waals surface area contributed by atoms with Gasteiger partial charge in [-0.25, -0.2) is 0 Å². The summed E-state index contributed by atoms with van der Waals surface area (Å²) in [6, 6.07) is 19.5. The Morgan fingerprint density at radius 1 is 0.900 bits per heavy atom. The number of nitrogens with two attached hydrogens (primary N) is 1. The van der Waals surface area contributed by atoms with E-state index in [1.807, 2.05) is 0 Å². The van der Waals surface area contributed by atoms with Crippen LogP contribution in [0.15, 0.2) is 60.8 Å². The third-order valence-corrected chi connectivity index (χ3v) is 3.70. The van der Waals surface area contributed by atoms with Gasteiger partial charge in [-0.05, 0) is 48.0 Å². The van der Waals surface area contributed by atoms with Crippen LogP contribution in [0.2, 0.25) is 0 Å². The molecule has 0 fully saturated rings. The second-order valence-electron chi connectivity index (χ2n) is 5.21. The zero-order valence-electron chi connectivity index (χ0n) is 11.6. The highest BCUT2D eigenvalue weighted by atomic mass is 14.9. The summed E-state index contributed by atoms with van der Waals surface area (Å²) in [7, 11) is 0. The summed E-state index contributed by atoms with van der Waals surface area (Å²) in [5.74, 6) is 0. The molecule has 0 spiro atoms. The summed E-state index contributed by atoms with van der Waals surface area (Å²) in [4.78, 5) is 0. The average molecular weight is 264 g/mol. The number of benzene rings is 2. The molecule has 2 heteroatoms. The van der Waals surface area contributed by atoms with E-state index in [9.17, 15) is 0 Å². The topological polar surface area (TPSA) is 30.9 Å². The van der Waals surface area contributed by atoms with E-state index in [1.54, 1.807) is 0 Å². The maximum atomic E-state index is 5.60. The summed E-state index contributed by atoms with van der Waals surface area (Å²) in [6.45, 7) is 1.67. The molecule has 0 radical (unpaired) electrons. The van der Waals surface area contributed by atoms with Crippen molar-refractivity contribution in [3.8, 4) is 0 Å². The maximum Gasteiger partial charge on any atom is 0.0486 e. The van der Waals surface area contributed by atoms with E-state index >= 15 is 0 Å². The van der Waals surface area contributed by atoms with Crippen molar-refractivity contribution in [2.24, 2.45) is 5.73 Å². The van der Waals surface area contributed by atoms with Gasteiger partial charge in [-0.2, -0.15) is 0 Å². The molecular weight excluding hydrogens is 244 g/mol. The zero-order chi connectivity index (χ0) is 13.8. The number of hydrogen-bond donors (Lipinski definition) is 1. The van der Waals surface area contributed by atoms with Crippen LogP contribution in [-0.2, 0) is 13.0 Å². The van der Waals surface area contributed by atoms with Crippen LogP contribution in [0, 0.1) is 0 Å². The second kappa shape index (κ2) is 5.93. The summed E-state index contributed by atoms with van der Waals surface area (Å²) in [6.07, 6.45) is 4.28. The fourth-order valence-electron chi connectivity index (χ4n) is 2.61. The molecule has 0 aliphatic heterocycles. The predicted octanol–water partition coefficient (Wildman–Crippen LogP) is 3.58. The van der Waals surface area contributed by atoms with Crippen molar-refractivity contribution in [1.82, 2.24) is 4.57 Å². The van der Waals surface area contributed by atoms with Crippen LogP contribution in [0.3, 0.4) is 0 Å². The van der Waals surface area contributed by atoms with E-state index in [1.165, 1.54) is 22.0 Å². The minimum Gasteiger partial charge on any atom is -0.343 e. The van der Waals surface area contributed by atoms with Gasteiger partial charge < -0.3 is 10.3 Å². The first-order valence-corrected chi connectivity index (χ1v) is 7.18. The first-order chi connectivity index (χ1) is 9.86. The molecule has 2 N–H and O–H groups in total. The third-order valence-electron chi connectivity index (χ3n) is 3.70. The molecule has 0 aliphatic carbocycles. The van der Waals surface area contributed by atoms with Crippen LogP contribution < -0.4 is 5.73 Å². The average Bonchev–Trinajstić information content (AvgIpc) is 2.89. The summed E-state index contributed by atoms with van der Waals surface area (Å²) < 4.78 is 2.32. The Hall–Kier alpha value is -2.06. The molecule has 3 aromatic rings. The number of aryl methyl sites for hydroxylation is 1. The van der Waals surface area contributed by atoms with Crippen molar-refractivity contribution in [3.63, 3.8) is 0 Å². The Labute approximate surface area is 119 Å². The lowest BCUT2D eigenvalue weighted by Crippen LogP contribution is -2.01. The Kier molecular flexibility index (Phi) is 3.84. The highest BCUT2D eigenvalue weighted by Gasteiger charge is 2.03. The number of aromatic nitrogens is 1. The lowest BCUT2D eigenvalue weighted by molar-refractivity contribution is 0.823. The molecule has 0 bridgehead atoms. The lowest BCUT2D eigenvalue weighted by Gasteiger charge is -2.07. The van der Waals surface area contributed by atoms with Gasteiger partial charge in [0.15, 0.2) is 0 Å². The SMILES string of the molecule is NCCCc1ccc2ccn(Cc3ccccc3)c2c1. The molecule has 2 aromatic carbocycles. The fraction of sp³-hybridized carbons (Fsp3) is 0.222. The highest BCUT2D eigenvalue weighted by Crippen LogP contribution is 2.19. The second-order valence-corrected chi connectivity index (χ2v) is 5.21. The molecule has 0 unspecified atom stereocenters. The molecule has 102 valence electrons. The number of hydrogen-bond acceptors (Lipinski definition) is 1. The largest absolute Gasteiger partial charge is 0.343 e. The van der Waals surface area contributed by atoms with Crippen molar-refractivity contribution < 1.29 is 0 Å². The van der Waals surface area contributed by atoms with Gasteiger partial charge in [-0.3, -0.25) is 0 Å². The van der Waals surface area contributed by atoms with Crippen molar-refractivity contribution in [2.75, 3.05) is 6.54 Å². The normalized spacial score (nSPS) is 11.1. The van der Waals surface area contributed by atoms with E-state index in [2.05, 4.69) is 65.4 Å². The van der Waals surface area contributed by atoms with Crippen LogP contribution in [0.1, 0.15) is 17.5 Å². The van der Waals surface area contributed by atoms with Gasteiger partial charge in [0.05, 0.1) is 0 Å². The van der Waals surface area contributed by atoms with E-state index in [-0.39, 0.29) is 0 Å². The van der Waals surface area contributed by atoms with Gasteiger partial charge >= 0.3 is 0 Å². The molecule has 0 atom stereocenters. The van der Waals surface area contributed by atoms with Crippen molar-refractivity contribution in [2.45, 2.75) is 19.4 Å². The Morgan fingerprint density at radius 3 is 2.55 bits per heavy atom. The number of rotatable bonds is 5. The standard InChI is InChI=1S/C18H20N2/c19-11-4-7-15-8-9-17-10-12-20(18(17)13-15)14-16-5-2-1-3-6-16/h1-3,5-6,8-10,12-13H,4,7,11,14,19H2. The molecule has 0 saturated heterocycles. The molecule has 0 amide bonds. The van der Waals surface area contributed by atoms with E-state index < -0.39 is 0 Å². The molecule has 1 heterocycles. The summed E-state index contributed by atoms with van der Waals surface area (Å²) in [5.41, 5.74) is 9.61. The number of nitrogens with zero attached hydrogens (tertiary/aromatic N) is 1. The predicted molar refractivity (Wildman–Crippen MR) is 84.9 cm³/mol. The molecule has 0 saturated carbocycles. The van der Waals surface area contributed by atoms with Gasteiger partial charge in [0.25, 0.3) is 0 Å². The smallest absolute Gasteiger partial charge is 0.0486 e. The lowest BCUT2D eigenvalue weighted by atomic mass is 10.1. The van der Waals surface area contributed by atoms with Crippen LogP contribution in [-0.4, -0.2) is 11.1 Å². The van der Waals surface area contributed by atoms with Gasteiger partial charge in [0.2, 0.25) is 0 Å². The van der Waals surface area contributed by atoms with Crippen molar-refractivity contribution >= 4 is 10.9 Å². The van der Waals surface area contributed by atoms with Gasteiger partial charge in [0, 0.05) is 18.3 Å². The van der Waals surface area contributed by atoms with Gasteiger partial charge in [-0.1, -0.05) is 42.5 Å². The van der Waals surface area contributed by atoms with Crippen LogP contribution in [0.5, 0.6) is 0 Å². The minimum absolute atomic E-state index is 0.753. The first-order valence-electron chi connectivity index (χ1n) is 7.18. The number of fused-ring (bicyclic) bond motifs is 1. The quantitative estimate of drug-likeness (QED) is 0.750. The van der Waals surface area contributed by atoms with Crippen molar-refractivity contribution in [1.29, 1.82) is 0 Å². The van der Waals surface area contributed by atoms with Crippen LogP contribution in [0.4, 0.5) is 0 Å². The molecule has 3 rings (SSSR count). The van der Waals surface area contributed by atoms with E-state index in [4.69, 9.17) is 5.73 Å². The Bertz CT molecular complexity index is 683. The molecule has 1 aromatic heterocycles. The summed E-state index contributed by atoms with van der Waals surface area (Å²) in [5, 5.41) is 1.30. The third kappa shape index (κ3) is 2.75. The monoisotopic (exact) mass is 264 g/mol. The Morgan fingerprint density at radius 2 is 1.75 bits per heavy atom.